The van der Waals surface area contributed by atoms with Crippen LogP contribution < -0.4 is 5.69 Å². The zero-order valence-corrected chi connectivity index (χ0v) is 16.1. The minimum absolute atomic E-state index is 0.0449. The first kappa shape index (κ1) is 20.4. The molecular formula is C15H15ClF3N7OS. The van der Waals surface area contributed by atoms with Gasteiger partial charge in [-0.2, -0.15) is 17.9 Å². The number of rotatable bonds is 7. The number of tetrazole rings is 1. The van der Waals surface area contributed by atoms with Crippen LogP contribution in [-0.2, 0) is 18.5 Å². The predicted molar refractivity (Wildman–Crippen MR) is 96.5 cm³/mol. The standard InChI is InChI=1S/C15H15ClF3N7OS/c1-2-3-6-25-13(27)21-22-14(25)28-8-12-20-23-24-26(12)11-5-4-9(16)7-10(11)15(17,18)19/h4-5,7H,2-3,6,8H2,1H3,(H,21,27). The van der Waals surface area contributed by atoms with Crippen molar-refractivity contribution in [3.8, 4) is 5.69 Å². The monoisotopic (exact) mass is 433 g/mol. The molecule has 0 spiro atoms. The summed E-state index contributed by atoms with van der Waals surface area (Å²) in [5, 5.41) is 17.7. The number of alkyl halides is 3. The minimum atomic E-state index is -4.63. The summed E-state index contributed by atoms with van der Waals surface area (Å²) in [6.45, 7) is 2.49. The van der Waals surface area contributed by atoms with Gasteiger partial charge in [0, 0.05) is 11.6 Å². The molecule has 0 unspecified atom stereocenters. The summed E-state index contributed by atoms with van der Waals surface area (Å²) in [7, 11) is 0. The van der Waals surface area contributed by atoms with E-state index in [1.54, 1.807) is 0 Å². The molecule has 1 N–H and O–H groups in total. The summed E-state index contributed by atoms with van der Waals surface area (Å²) in [4.78, 5) is 11.8. The van der Waals surface area contributed by atoms with Gasteiger partial charge in [0.2, 0.25) is 0 Å². The Morgan fingerprint density at radius 1 is 1.32 bits per heavy atom. The lowest BCUT2D eigenvalue weighted by molar-refractivity contribution is -0.137. The Bertz CT molecular complexity index is 1010. The van der Waals surface area contributed by atoms with Gasteiger partial charge in [0.15, 0.2) is 11.0 Å². The number of hydrogen-bond donors (Lipinski definition) is 1. The smallest absolute Gasteiger partial charge is 0.270 e. The predicted octanol–water partition coefficient (Wildman–Crippen LogP) is 3.31. The Morgan fingerprint density at radius 2 is 2.11 bits per heavy atom. The lowest BCUT2D eigenvalue weighted by Crippen LogP contribution is -2.17. The molecule has 0 aliphatic heterocycles. The number of H-pyrrole nitrogens is 1. The van der Waals surface area contributed by atoms with Gasteiger partial charge in [-0.3, -0.25) is 4.57 Å². The maximum atomic E-state index is 13.4. The third-order valence-corrected chi connectivity index (χ3v) is 5.02. The second-order valence-electron chi connectivity index (χ2n) is 5.77. The number of unbranched alkanes of at least 4 members (excludes halogenated alkanes) is 1. The molecule has 0 aliphatic rings. The van der Waals surface area contributed by atoms with Crippen molar-refractivity contribution in [2.24, 2.45) is 0 Å². The van der Waals surface area contributed by atoms with Crippen LogP contribution in [0.2, 0.25) is 5.02 Å². The van der Waals surface area contributed by atoms with Gasteiger partial charge in [-0.05, 0) is 35.0 Å². The lowest BCUT2D eigenvalue weighted by Gasteiger charge is -2.13. The maximum Gasteiger partial charge on any atom is 0.418 e. The molecule has 0 saturated carbocycles. The van der Waals surface area contributed by atoms with E-state index in [1.165, 1.54) is 16.7 Å². The van der Waals surface area contributed by atoms with E-state index in [-0.39, 0.29) is 28.0 Å². The number of nitrogens with zero attached hydrogens (tertiary/aromatic N) is 6. The largest absolute Gasteiger partial charge is 0.418 e. The highest BCUT2D eigenvalue weighted by atomic mass is 35.5. The number of aromatic amines is 1. The SMILES string of the molecule is CCCCn1c(SCc2nnnn2-c2ccc(Cl)cc2C(F)(F)F)n[nH]c1=O. The summed E-state index contributed by atoms with van der Waals surface area (Å²) in [5.41, 5.74) is -1.52. The van der Waals surface area contributed by atoms with Crippen LogP contribution in [0.1, 0.15) is 31.2 Å². The third-order valence-electron chi connectivity index (χ3n) is 3.82. The van der Waals surface area contributed by atoms with Crippen molar-refractivity contribution in [2.75, 3.05) is 0 Å². The molecule has 2 heterocycles. The van der Waals surface area contributed by atoms with E-state index in [2.05, 4.69) is 25.7 Å². The topological polar surface area (TPSA) is 94.3 Å². The highest BCUT2D eigenvalue weighted by Crippen LogP contribution is 2.35. The van der Waals surface area contributed by atoms with E-state index in [9.17, 15) is 18.0 Å². The van der Waals surface area contributed by atoms with Crippen molar-refractivity contribution in [1.29, 1.82) is 0 Å². The van der Waals surface area contributed by atoms with Crippen LogP contribution in [0.5, 0.6) is 0 Å². The van der Waals surface area contributed by atoms with Crippen molar-refractivity contribution in [2.45, 2.75) is 43.4 Å². The molecule has 0 aliphatic carbocycles. The molecule has 28 heavy (non-hydrogen) atoms. The highest BCUT2D eigenvalue weighted by molar-refractivity contribution is 7.98. The van der Waals surface area contributed by atoms with Crippen LogP contribution in [-0.4, -0.2) is 35.0 Å². The van der Waals surface area contributed by atoms with E-state index >= 15 is 0 Å². The molecule has 13 heteroatoms. The van der Waals surface area contributed by atoms with Crippen molar-refractivity contribution < 1.29 is 13.2 Å². The first-order chi connectivity index (χ1) is 13.3. The Balaban J connectivity index is 1.88. The van der Waals surface area contributed by atoms with Gasteiger partial charge in [0.25, 0.3) is 0 Å². The third kappa shape index (κ3) is 4.38. The maximum absolute atomic E-state index is 13.4. The number of halogens is 4. The van der Waals surface area contributed by atoms with Gasteiger partial charge in [0.05, 0.1) is 17.0 Å². The fraction of sp³-hybridized carbons (Fsp3) is 0.400. The van der Waals surface area contributed by atoms with Crippen molar-refractivity contribution >= 4 is 23.4 Å². The number of aromatic nitrogens is 7. The highest BCUT2D eigenvalue weighted by Gasteiger charge is 2.35. The molecule has 0 atom stereocenters. The zero-order valence-electron chi connectivity index (χ0n) is 14.6. The molecule has 8 nitrogen and oxygen atoms in total. The second-order valence-corrected chi connectivity index (χ2v) is 7.15. The average molecular weight is 434 g/mol. The summed E-state index contributed by atoms with van der Waals surface area (Å²) in [5.74, 6) is 0.291. The summed E-state index contributed by atoms with van der Waals surface area (Å²) < 4.78 is 42.6. The van der Waals surface area contributed by atoms with Gasteiger partial charge in [-0.15, -0.1) is 10.2 Å². The van der Waals surface area contributed by atoms with Gasteiger partial charge in [-0.25, -0.2) is 9.89 Å². The first-order valence-electron chi connectivity index (χ1n) is 8.23. The van der Waals surface area contributed by atoms with Gasteiger partial charge >= 0.3 is 11.9 Å². The van der Waals surface area contributed by atoms with Crippen LogP contribution in [0, 0.1) is 0 Å². The zero-order chi connectivity index (χ0) is 20.3. The minimum Gasteiger partial charge on any atom is -0.270 e. The van der Waals surface area contributed by atoms with Crippen LogP contribution in [0.25, 0.3) is 5.69 Å². The van der Waals surface area contributed by atoms with E-state index in [1.807, 2.05) is 6.92 Å². The van der Waals surface area contributed by atoms with E-state index < -0.39 is 11.7 Å². The average Bonchev–Trinajstić information content (AvgIpc) is 3.24. The second kappa shape index (κ2) is 8.35. The van der Waals surface area contributed by atoms with Crippen LogP contribution in [0.3, 0.4) is 0 Å². The van der Waals surface area contributed by atoms with E-state index in [4.69, 9.17) is 11.6 Å². The molecule has 0 bridgehead atoms. The number of nitrogens with one attached hydrogen (secondary N) is 1. The fourth-order valence-corrected chi connectivity index (χ4v) is 3.51. The van der Waals surface area contributed by atoms with Crippen LogP contribution in [0.15, 0.2) is 28.2 Å². The molecule has 0 saturated heterocycles. The Kier molecular flexibility index (Phi) is 6.08. The molecule has 3 rings (SSSR count). The van der Waals surface area contributed by atoms with Gasteiger partial charge < -0.3 is 0 Å². The van der Waals surface area contributed by atoms with Crippen LogP contribution >= 0.6 is 23.4 Å². The van der Waals surface area contributed by atoms with Crippen LogP contribution in [0.4, 0.5) is 13.2 Å². The summed E-state index contributed by atoms with van der Waals surface area (Å²) >= 11 is 6.87. The molecule has 0 radical (unpaired) electrons. The normalized spacial score (nSPS) is 11.9. The van der Waals surface area contributed by atoms with Gasteiger partial charge in [0.1, 0.15) is 0 Å². The van der Waals surface area contributed by atoms with Gasteiger partial charge in [-0.1, -0.05) is 36.7 Å². The number of benzene rings is 1. The number of hydrogen-bond acceptors (Lipinski definition) is 6. The molecular weight excluding hydrogens is 419 g/mol. The van der Waals surface area contributed by atoms with Crippen molar-refractivity contribution in [3.05, 3.63) is 45.1 Å². The molecule has 0 amide bonds. The van der Waals surface area contributed by atoms with E-state index in [0.29, 0.717) is 11.7 Å². The van der Waals surface area contributed by atoms with Crippen molar-refractivity contribution in [3.63, 3.8) is 0 Å². The molecule has 1 aromatic carbocycles. The fourth-order valence-electron chi connectivity index (χ4n) is 2.46. The lowest BCUT2D eigenvalue weighted by atomic mass is 10.1. The quantitative estimate of drug-likeness (QED) is 0.574. The summed E-state index contributed by atoms with van der Waals surface area (Å²) in [6.07, 6.45) is -2.93. The Hall–Kier alpha value is -2.34. The first-order valence-corrected chi connectivity index (χ1v) is 9.60. The molecule has 150 valence electrons. The number of thioether (sulfide) groups is 1. The molecule has 0 fully saturated rings. The summed E-state index contributed by atoms with van der Waals surface area (Å²) in [6, 6.07) is 3.37. The van der Waals surface area contributed by atoms with E-state index in [0.717, 1.165) is 35.4 Å². The Morgan fingerprint density at radius 3 is 2.82 bits per heavy atom. The molecule has 3 aromatic rings. The Labute approximate surface area is 166 Å². The van der Waals surface area contributed by atoms with Crippen molar-refractivity contribution in [1.82, 2.24) is 35.0 Å². The molecule has 2 aromatic heterocycles.